The molecule has 5 heteroatoms. The van der Waals surface area contributed by atoms with E-state index in [1.807, 2.05) is 66.7 Å². The molecule has 0 spiro atoms. The van der Waals surface area contributed by atoms with Crippen LogP contribution < -0.4 is 21.1 Å². The van der Waals surface area contributed by atoms with E-state index in [-0.39, 0.29) is 6.61 Å². The van der Waals surface area contributed by atoms with E-state index >= 15 is 0 Å². The predicted molar refractivity (Wildman–Crippen MR) is 113 cm³/mol. The van der Waals surface area contributed by atoms with E-state index in [1.54, 1.807) is 6.07 Å². The summed E-state index contributed by atoms with van der Waals surface area (Å²) in [6.45, 7) is 0.823. The molecule has 0 saturated heterocycles. The van der Waals surface area contributed by atoms with Gasteiger partial charge in [0.05, 0.1) is 5.56 Å². The highest BCUT2D eigenvalue weighted by Crippen LogP contribution is 2.25. The van der Waals surface area contributed by atoms with Crippen LogP contribution in [0.4, 0.5) is 17.1 Å². The van der Waals surface area contributed by atoms with Gasteiger partial charge in [-0.2, -0.15) is 0 Å². The number of carbonyl (C=O) groups is 1. The van der Waals surface area contributed by atoms with Crippen LogP contribution in [0.1, 0.15) is 15.9 Å². The van der Waals surface area contributed by atoms with Gasteiger partial charge >= 0.3 is 0 Å². The van der Waals surface area contributed by atoms with E-state index in [0.29, 0.717) is 23.5 Å². The molecule has 0 heterocycles. The minimum absolute atomic E-state index is 0.234. The third-order valence-electron chi connectivity index (χ3n) is 4.08. The molecular formula is C23H21N3O2. The molecule has 0 aliphatic rings. The lowest BCUT2D eigenvalue weighted by Crippen LogP contribution is -2.14. The van der Waals surface area contributed by atoms with Gasteiger partial charge in [0, 0.05) is 23.6 Å². The van der Waals surface area contributed by atoms with Crippen molar-refractivity contribution in [1.29, 1.82) is 0 Å². The second-order valence-corrected chi connectivity index (χ2v) is 6.11. The summed E-state index contributed by atoms with van der Waals surface area (Å²) in [6.07, 6.45) is 5.19. The topological polar surface area (TPSA) is 76.4 Å². The smallest absolute Gasteiger partial charge is 0.250 e. The van der Waals surface area contributed by atoms with Gasteiger partial charge in [0.15, 0.2) is 0 Å². The Morgan fingerprint density at radius 3 is 2.39 bits per heavy atom. The van der Waals surface area contributed by atoms with Gasteiger partial charge in [-0.3, -0.25) is 4.79 Å². The number of ether oxygens (including phenoxy) is 1. The van der Waals surface area contributed by atoms with Gasteiger partial charge in [-0.15, -0.1) is 6.42 Å². The van der Waals surface area contributed by atoms with Crippen molar-refractivity contribution >= 4 is 23.0 Å². The Kier molecular flexibility index (Phi) is 6.17. The highest BCUT2D eigenvalue weighted by molar-refractivity contribution is 5.99. The van der Waals surface area contributed by atoms with Crippen molar-refractivity contribution in [3.05, 3.63) is 83.9 Å². The van der Waals surface area contributed by atoms with E-state index in [2.05, 4.69) is 16.6 Å². The lowest BCUT2D eigenvalue weighted by atomic mass is 10.1. The zero-order valence-electron chi connectivity index (χ0n) is 15.3. The maximum atomic E-state index is 11.8. The van der Waals surface area contributed by atoms with Crippen molar-refractivity contribution in [1.82, 2.24) is 0 Å². The number of nitrogens with two attached hydrogens (primary N) is 1. The van der Waals surface area contributed by atoms with E-state index in [1.165, 1.54) is 0 Å². The van der Waals surface area contributed by atoms with Crippen molar-refractivity contribution in [2.75, 3.05) is 17.2 Å². The van der Waals surface area contributed by atoms with Crippen molar-refractivity contribution in [2.45, 2.75) is 6.54 Å². The van der Waals surface area contributed by atoms with Crippen LogP contribution in [0.25, 0.3) is 0 Å². The fourth-order valence-electron chi connectivity index (χ4n) is 2.70. The molecule has 0 aliphatic carbocycles. The number of rotatable bonds is 8. The standard InChI is InChI=1S/C23H21N3O2/c1-2-14-28-20-11-8-18(9-12-20)26-19-10-13-21(23(24)27)22(15-19)25-16-17-6-4-3-5-7-17/h1,3-13,15,25-26H,14,16H2,(H2,24,27). The molecule has 0 aliphatic heterocycles. The fourth-order valence-corrected chi connectivity index (χ4v) is 2.70. The van der Waals surface area contributed by atoms with Crippen LogP contribution in [0.15, 0.2) is 72.8 Å². The second kappa shape index (κ2) is 9.15. The molecule has 3 aromatic rings. The zero-order valence-corrected chi connectivity index (χ0v) is 15.3. The summed E-state index contributed by atoms with van der Waals surface area (Å²) in [5, 5.41) is 6.59. The summed E-state index contributed by atoms with van der Waals surface area (Å²) >= 11 is 0. The number of benzene rings is 3. The van der Waals surface area contributed by atoms with Gasteiger partial charge in [0.25, 0.3) is 5.91 Å². The molecule has 1 amide bonds. The van der Waals surface area contributed by atoms with Gasteiger partial charge in [-0.05, 0) is 48.0 Å². The molecule has 0 unspecified atom stereocenters. The minimum Gasteiger partial charge on any atom is -0.481 e. The molecule has 0 radical (unpaired) electrons. The van der Waals surface area contributed by atoms with Crippen LogP contribution in [-0.4, -0.2) is 12.5 Å². The van der Waals surface area contributed by atoms with Gasteiger partial charge in [-0.1, -0.05) is 36.3 Å². The summed E-state index contributed by atoms with van der Waals surface area (Å²) in [4.78, 5) is 11.8. The van der Waals surface area contributed by atoms with E-state index in [9.17, 15) is 4.79 Å². The number of primary amides is 1. The van der Waals surface area contributed by atoms with Gasteiger partial charge in [0.1, 0.15) is 12.4 Å². The monoisotopic (exact) mass is 371 g/mol. The normalized spacial score (nSPS) is 9.96. The van der Waals surface area contributed by atoms with Gasteiger partial charge in [0.2, 0.25) is 0 Å². The Balaban J connectivity index is 1.74. The molecule has 5 nitrogen and oxygen atoms in total. The summed E-state index contributed by atoms with van der Waals surface area (Å²) in [7, 11) is 0. The van der Waals surface area contributed by atoms with Gasteiger partial charge < -0.3 is 21.1 Å². The molecule has 3 rings (SSSR count). The quantitative estimate of drug-likeness (QED) is 0.520. The molecule has 0 aromatic heterocycles. The maximum Gasteiger partial charge on any atom is 0.250 e. The molecular weight excluding hydrogens is 350 g/mol. The lowest BCUT2D eigenvalue weighted by molar-refractivity contribution is 0.100. The fraction of sp³-hybridized carbons (Fsp3) is 0.0870. The number of hydrogen-bond donors (Lipinski definition) is 3. The van der Waals surface area contributed by atoms with Crippen LogP contribution in [0.3, 0.4) is 0 Å². The molecule has 0 saturated carbocycles. The summed E-state index contributed by atoms with van der Waals surface area (Å²) < 4.78 is 5.37. The largest absolute Gasteiger partial charge is 0.481 e. The molecule has 0 bridgehead atoms. The van der Waals surface area contributed by atoms with E-state index < -0.39 is 5.91 Å². The highest BCUT2D eigenvalue weighted by atomic mass is 16.5. The number of hydrogen-bond acceptors (Lipinski definition) is 4. The Bertz CT molecular complexity index is 977. The first-order chi connectivity index (χ1) is 13.7. The van der Waals surface area contributed by atoms with Gasteiger partial charge in [-0.25, -0.2) is 0 Å². The lowest BCUT2D eigenvalue weighted by Gasteiger charge is -2.14. The average Bonchev–Trinajstić information content (AvgIpc) is 2.72. The zero-order chi connectivity index (χ0) is 19.8. The van der Waals surface area contributed by atoms with Crippen molar-refractivity contribution < 1.29 is 9.53 Å². The first-order valence-electron chi connectivity index (χ1n) is 8.81. The maximum absolute atomic E-state index is 11.8. The first kappa shape index (κ1) is 18.9. The number of terminal acetylenes is 1. The number of nitrogens with one attached hydrogen (secondary N) is 2. The molecule has 3 aromatic carbocycles. The Morgan fingerprint density at radius 2 is 1.71 bits per heavy atom. The van der Waals surface area contributed by atoms with E-state index in [0.717, 1.165) is 16.9 Å². The van der Waals surface area contributed by atoms with Crippen LogP contribution in [0.2, 0.25) is 0 Å². The molecule has 140 valence electrons. The van der Waals surface area contributed by atoms with Crippen LogP contribution in [-0.2, 0) is 6.54 Å². The summed E-state index contributed by atoms with van der Waals surface area (Å²) in [5.41, 5.74) is 9.46. The third-order valence-corrected chi connectivity index (χ3v) is 4.08. The van der Waals surface area contributed by atoms with Crippen LogP contribution in [0.5, 0.6) is 5.75 Å². The number of amides is 1. The first-order valence-corrected chi connectivity index (χ1v) is 8.81. The molecule has 0 fully saturated rings. The molecule has 4 N–H and O–H groups in total. The second-order valence-electron chi connectivity index (χ2n) is 6.11. The minimum atomic E-state index is -0.475. The Morgan fingerprint density at radius 1 is 1.00 bits per heavy atom. The highest BCUT2D eigenvalue weighted by Gasteiger charge is 2.09. The SMILES string of the molecule is C#CCOc1ccc(Nc2ccc(C(N)=O)c(NCc3ccccc3)c2)cc1. The summed E-state index contributed by atoms with van der Waals surface area (Å²) in [6, 6.07) is 22.8. The number of anilines is 3. The van der Waals surface area contributed by atoms with Crippen molar-refractivity contribution in [3.8, 4) is 18.1 Å². The Labute approximate surface area is 164 Å². The predicted octanol–water partition coefficient (Wildman–Crippen LogP) is 4.15. The van der Waals surface area contributed by atoms with E-state index in [4.69, 9.17) is 16.9 Å². The molecule has 0 atom stereocenters. The van der Waals surface area contributed by atoms with Crippen molar-refractivity contribution in [2.24, 2.45) is 5.73 Å². The summed E-state index contributed by atoms with van der Waals surface area (Å²) in [5.74, 6) is 2.66. The Hall–Kier alpha value is -3.91. The van der Waals surface area contributed by atoms with Crippen LogP contribution in [0, 0.1) is 12.3 Å². The number of carbonyl (C=O) groups excluding carboxylic acids is 1. The van der Waals surface area contributed by atoms with Crippen LogP contribution >= 0.6 is 0 Å². The third kappa shape index (κ3) is 5.05. The van der Waals surface area contributed by atoms with Crippen molar-refractivity contribution in [3.63, 3.8) is 0 Å². The molecule has 28 heavy (non-hydrogen) atoms. The average molecular weight is 371 g/mol.